The van der Waals surface area contributed by atoms with Gasteiger partial charge >= 0.3 is 0 Å². The van der Waals surface area contributed by atoms with Gasteiger partial charge in [-0.3, -0.25) is 9.78 Å². The van der Waals surface area contributed by atoms with Crippen LogP contribution in [0.1, 0.15) is 20.3 Å². The smallest absolute Gasteiger partial charge is 0.260 e. The number of fused-ring (bicyclic) bond motifs is 3. The zero-order valence-electron chi connectivity index (χ0n) is 18.2. The molecule has 2 aliphatic heterocycles. The Hall–Kier alpha value is -2.59. The summed E-state index contributed by atoms with van der Waals surface area (Å²) in [6.45, 7) is 8.02. The standard InChI is InChI=1S/C22H30N5O4/c1-3-9-27(23)20(14-29-4-2)25-19-13-24-18-6-5-16(12-17(18)22(19)27)31-15-21(28)26-7-10-30-11-8-26/h5-6,12-13H,3-4,7-11,14-15,23H2,1-2H3/q+1. The first kappa shape index (κ1) is 21.6. The van der Waals surface area contributed by atoms with Gasteiger partial charge in [0, 0.05) is 19.7 Å². The van der Waals surface area contributed by atoms with E-state index in [0.717, 1.165) is 34.5 Å². The van der Waals surface area contributed by atoms with Crippen LogP contribution in [0.2, 0.25) is 0 Å². The molecule has 1 unspecified atom stereocenters. The molecular formula is C22H30N5O4+. The molecule has 31 heavy (non-hydrogen) atoms. The molecule has 9 nitrogen and oxygen atoms in total. The fourth-order valence-corrected chi connectivity index (χ4v) is 4.08. The highest BCUT2D eigenvalue weighted by atomic mass is 16.5. The van der Waals surface area contributed by atoms with Crippen molar-refractivity contribution in [2.24, 2.45) is 10.8 Å². The molecule has 0 spiro atoms. The first-order valence-electron chi connectivity index (χ1n) is 10.8. The van der Waals surface area contributed by atoms with Crippen molar-refractivity contribution in [2.45, 2.75) is 20.3 Å². The van der Waals surface area contributed by atoms with Crippen LogP contribution in [-0.4, -0.2) is 74.3 Å². The Morgan fingerprint density at radius 3 is 2.84 bits per heavy atom. The molecule has 2 aromatic rings. The van der Waals surface area contributed by atoms with E-state index in [4.69, 9.17) is 25.0 Å². The number of benzene rings is 1. The molecule has 1 amide bonds. The van der Waals surface area contributed by atoms with Crippen molar-refractivity contribution >= 4 is 34.0 Å². The normalized spacial score (nSPS) is 20.6. The molecule has 1 atom stereocenters. The topological polar surface area (TPSA) is 99.3 Å². The third-order valence-corrected chi connectivity index (χ3v) is 5.64. The van der Waals surface area contributed by atoms with E-state index in [1.54, 1.807) is 11.1 Å². The number of ether oxygens (including phenoxy) is 3. The van der Waals surface area contributed by atoms with Gasteiger partial charge in [-0.25, -0.2) is 0 Å². The summed E-state index contributed by atoms with van der Waals surface area (Å²) in [6.07, 6.45) is 2.64. The molecule has 2 aliphatic rings. The summed E-state index contributed by atoms with van der Waals surface area (Å²) in [6, 6.07) is 5.62. The number of pyridine rings is 1. The highest BCUT2D eigenvalue weighted by Gasteiger charge is 2.43. The van der Waals surface area contributed by atoms with Crippen molar-refractivity contribution in [3.63, 3.8) is 0 Å². The highest BCUT2D eigenvalue weighted by molar-refractivity contribution is 6.10. The molecule has 1 aromatic heterocycles. The summed E-state index contributed by atoms with van der Waals surface area (Å²) in [4.78, 5) is 23.5. The molecule has 4 rings (SSSR count). The van der Waals surface area contributed by atoms with E-state index >= 15 is 0 Å². The summed E-state index contributed by atoms with van der Waals surface area (Å²) in [5, 5.41) is 0.875. The molecule has 1 aromatic carbocycles. The fraction of sp³-hybridized carbons (Fsp3) is 0.500. The largest absolute Gasteiger partial charge is 0.484 e. The first-order valence-corrected chi connectivity index (χ1v) is 10.8. The maximum atomic E-state index is 12.4. The van der Waals surface area contributed by atoms with Gasteiger partial charge in [0.2, 0.25) is 0 Å². The number of rotatable bonds is 8. The quantitative estimate of drug-likeness (QED) is 0.511. The number of hydrogen-bond donors (Lipinski definition) is 1. The number of amidine groups is 1. The molecule has 0 radical (unpaired) electrons. The predicted octanol–water partition coefficient (Wildman–Crippen LogP) is 2.14. The number of carbonyl (C=O) groups excluding carboxylic acids is 1. The van der Waals surface area contributed by atoms with E-state index in [0.29, 0.717) is 51.8 Å². The van der Waals surface area contributed by atoms with E-state index in [-0.39, 0.29) is 17.1 Å². The van der Waals surface area contributed by atoms with Gasteiger partial charge in [-0.05, 0) is 31.5 Å². The van der Waals surface area contributed by atoms with Gasteiger partial charge in [0.05, 0.1) is 30.3 Å². The number of nitrogens with zero attached hydrogens (tertiary/aromatic N) is 4. The molecule has 0 aliphatic carbocycles. The molecule has 2 N–H and O–H groups in total. The van der Waals surface area contributed by atoms with Crippen molar-refractivity contribution < 1.29 is 19.0 Å². The van der Waals surface area contributed by atoms with Gasteiger partial charge in [-0.15, -0.1) is 0 Å². The van der Waals surface area contributed by atoms with E-state index in [1.807, 2.05) is 25.1 Å². The first-order chi connectivity index (χ1) is 15.1. The maximum Gasteiger partial charge on any atom is 0.260 e. The van der Waals surface area contributed by atoms with Gasteiger partial charge in [-0.1, -0.05) is 6.92 Å². The average Bonchev–Trinajstić information content (AvgIpc) is 3.08. The van der Waals surface area contributed by atoms with Crippen LogP contribution in [0.3, 0.4) is 0 Å². The second kappa shape index (κ2) is 9.27. The van der Waals surface area contributed by atoms with Crippen molar-refractivity contribution in [3.8, 4) is 5.75 Å². The molecular weight excluding hydrogens is 398 g/mol. The maximum absolute atomic E-state index is 12.4. The Kier molecular flexibility index (Phi) is 6.47. The van der Waals surface area contributed by atoms with Crippen LogP contribution in [0.15, 0.2) is 29.4 Å². The van der Waals surface area contributed by atoms with Gasteiger partial charge in [0.15, 0.2) is 18.0 Å². The Labute approximate surface area is 182 Å². The van der Waals surface area contributed by atoms with E-state index in [2.05, 4.69) is 11.9 Å². The molecule has 1 fully saturated rings. The Morgan fingerprint density at radius 1 is 1.29 bits per heavy atom. The number of aromatic nitrogens is 1. The van der Waals surface area contributed by atoms with Gasteiger partial charge < -0.3 is 19.1 Å². The minimum atomic E-state index is -0.0444. The highest BCUT2D eigenvalue weighted by Crippen LogP contribution is 2.44. The van der Waals surface area contributed by atoms with E-state index in [9.17, 15) is 4.79 Å². The molecule has 0 saturated carbocycles. The number of nitrogens with two attached hydrogens (primary N) is 1. The lowest BCUT2D eigenvalue weighted by molar-refractivity contribution is -0.137. The van der Waals surface area contributed by atoms with E-state index < -0.39 is 0 Å². The molecule has 1 saturated heterocycles. The summed E-state index contributed by atoms with van der Waals surface area (Å²) in [5.74, 6) is 8.21. The fourth-order valence-electron chi connectivity index (χ4n) is 4.08. The lowest BCUT2D eigenvalue weighted by Crippen LogP contribution is -2.60. The van der Waals surface area contributed by atoms with Crippen LogP contribution < -0.4 is 15.2 Å². The van der Waals surface area contributed by atoms with Crippen molar-refractivity contribution in [2.75, 3.05) is 52.7 Å². The monoisotopic (exact) mass is 428 g/mol. The van der Waals surface area contributed by atoms with Crippen LogP contribution in [0.25, 0.3) is 10.9 Å². The van der Waals surface area contributed by atoms with Crippen molar-refractivity contribution in [1.29, 1.82) is 0 Å². The van der Waals surface area contributed by atoms with Gasteiger partial charge in [0.25, 0.3) is 11.7 Å². The zero-order valence-corrected chi connectivity index (χ0v) is 18.2. The molecule has 3 heterocycles. The van der Waals surface area contributed by atoms with Gasteiger partial charge in [0.1, 0.15) is 18.9 Å². The molecule has 0 bridgehead atoms. The Balaban J connectivity index is 1.61. The van der Waals surface area contributed by atoms with Crippen LogP contribution in [0, 0.1) is 0 Å². The van der Waals surface area contributed by atoms with Crippen molar-refractivity contribution in [1.82, 2.24) is 14.5 Å². The Morgan fingerprint density at radius 2 is 2.10 bits per heavy atom. The second-order valence-corrected chi connectivity index (χ2v) is 7.71. The lowest BCUT2D eigenvalue weighted by Gasteiger charge is -2.29. The van der Waals surface area contributed by atoms with Crippen molar-refractivity contribution in [3.05, 3.63) is 24.4 Å². The molecule has 166 valence electrons. The number of amides is 1. The third-order valence-electron chi connectivity index (χ3n) is 5.64. The zero-order chi connectivity index (χ0) is 21.8. The second-order valence-electron chi connectivity index (χ2n) is 7.71. The summed E-state index contributed by atoms with van der Waals surface area (Å²) >= 11 is 0. The average molecular weight is 429 g/mol. The Bertz CT molecular complexity index is 989. The minimum absolute atomic E-state index is 0.0162. The van der Waals surface area contributed by atoms with Crippen LogP contribution in [-0.2, 0) is 14.3 Å². The van der Waals surface area contributed by atoms with Crippen LogP contribution in [0.5, 0.6) is 5.75 Å². The van der Waals surface area contributed by atoms with E-state index in [1.165, 1.54) is 0 Å². The number of morpholine rings is 1. The van der Waals surface area contributed by atoms with Crippen LogP contribution >= 0.6 is 0 Å². The third kappa shape index (κ3) is 4.27. The summed E-state index contributed by atoms with van der Waals surface area (Å²) in [7, 11) is 0. The predicted molar refractivity (Wildman–Crippen MR) is 119 cm³/mol. The number of carbonyl (C=O) groups is 1. The number of aliphatic imine (C=N–C) groups is 1. The SMILES string of the molecule is CCC[N+]1(N)C(COCC)=Nc2cnc3ccc(OCC(=O)N4CCOCC4)cc3c21. The summed E-state index contributed by atoms with van der Waals surface area (Å²) < 4.78 is 16.9. The minimum Gasteiger partial charge on any atom is -0.484 e. The number of quaternary nitrogens is 1. The molecule has 9 heteroatoms. The van der Waals surface area contributed by atoms with Crippen LogP contribution in [0.4, 0.5) is 11.4 Å². The summed E-state index contributed by atoms with van der Waals surface area (Å²) in [5.41, 5.74) is 2.45. The van der Waals surface area contributed by atoms with Gasteiger partial charge in [-0.2, -0.15) is 15.4 Å². The lowest BCUT2D eigenvalue weighted by atomic mass is 10.1. The number of hydrogen-bond acceptors (Lipinski definition) is 7.